The molecule has 0 radical (unpaired) electrons. The van der Waals surface area contributed by atoms with Crippen LogP contribution in [0.5, 0.6) is 0 Å². The number of carbonyl (C=O) groups excluding carboxylic acids is 1. The molecule has 0 aliphatic carbocycles. The first-order valence-electron chi connectivity index (χ1n) is 9.83. The molecule has 0 spiro atoms. The molecule has 4 rings (SSSR count). The lowest BCUT2D eigenvalue weighted by atomic mass is 9.92. The Kier molecular flexibility index (Phi) is 5.72. The number of fused-ring (bicyclic) bond motifs is 2. The monoisotopic (exact) mass is 400 g/mol. The summed E-state index contributed by atoms with van der Waals surface area (Å²) in [5.41, 5.74) is 8.25. The molecule has 1 aliphatic heterocycles. The van der Waals surface area contributed by atoms with Crippen molar-refractivity contribution in [3.05, 3.63) is 94.5 Å². The molecule has 0 saturated heterocycles. The lowest BCUT2D eigenvalue weighted by Gasteiger charge is -2.13. The molecule has 0 atom stereocenters. The van der Waals surface area contributed by atoms with E-state index < -0.39 is 0 Å². The molecular formula is C25H24N2OS. The number of thioether (sulfide) groups is 1. The SMILES string of the molecule is CCNC(=O)Nc1cccc(C=C2c3ccccc3CSc3c(C)cccc32)c1. The van der Waals surface area contributed by atoms with Crippen LogP contribution in [-0.4, -0.2) is 12.6 Å². The van der Waals surface area contributed by atoms with Crippen LogP contribution in [0.15, 0.2) is 71.6 Å². The average Bonchev–Trinajstić information content (AvgIpc) is 2.87. The minimum atomic E-state index is -0.186. The predicted octanol–water partition coefficient (Wildman–Crippen LogP) is 6.33. The van der Waals surface area contributed by atoms with Crippen LogP contribution in [0.3, 0.4) is 0 Å². The van der Waals surface area contributed by atoms with Crippen molar-refractivity contribution in [1.29, 1.82) is 0 Å². The molecule has 3 aromatic rings. The van der Waals surface area contributed by atoms with Crippen LogP contribution in [0.1, 0.15) is 34.7 Å². The fraction of sp³-hybridized carbons (Fsp3) is 0.160. The van der Waals surface area contributed by atoms with E-state index in [-0.39, 0.29) is 6.03 Å². The Labute approximate surface area is 176 Å². The number of nitrogens with one attached hydrogen (secondary N) is 2. The van der Waals surface area contributed by atoms with Gasteiger partial charge >= 0.3 is 6.03 Å². The number of hydrogen-bond acceptors (Lipinski definition) is 2. The van der Waals surface area contributed by atoms with Crippen molar-refractivity contribution in [3.8, 4) is 0 Å². The zero-order valence-corrected chi connectivity index (χ0v) is 17.5. The van der Waals surface area contributed by atoms with Gasteiger partial charge in [0.05, 0.1) is 0 Å². The molecule has 0 saturated carbocycles. The van der Waals surface area contributed by atoms with Gasteiger partial charge in [0.15, 0.2) is 0 Å². The third-order valence-electron chi connectivity index (χ3n) is 4.97. The van der Waals surface area contributed by atoms with Gasteiger partial charge in [-0.05, 0) is 65.4 Å². The van der Waals surface area contributed by atoms with E-state index in [4.69, 9.17) is 0 Å². The second-order valence-corrected chi connectivity index (χ2v) is 8.05. The van der Waals surface area contributed by atoms with Crippen molar-refractivity contribution >= 4 is 35.1 Å². The van der Waals surface area contributed by atoms with Crippen molar-refractivity contribution < 1.29 is 4.79 Å². The summed E-state index contributed by atoms with van der Waals surface area (Å²) < 4.78 is 0. The number of benzene rings is 3. The molecule has 0 aromatic heterocycles. The summed E-state index contributed by atoms with van der Waals surface area (Å²) in [5, 5.41) is 5.66. The maximum absolute atomic E-state index is 11.9. The van der Waals surface area contributed by atoms with Gasteiger partial charge in [0, 0.05) is 22.9 Å². The Hall–Kier alpha value is -2.98. The van der Waals surface area contributed by atoms with Gasteiger partial charge < -0.3 is 10.6 Å². The van der Waals surface area contributed by atoms with E-state index in [2.05, 4.69) is 72.2 Å². The fourth-order valence-corrected chi connectivity index (χ4v) is 4.81. The van der Waals surface area contributed by atoms with Crippen LogP contribution >= 0.6 is 11.8 Å². The van der Waals surface area contributed by atoms with E-state index >= 15 is 0 Å². The van der Waals surface area contributed by atoms with Crippen LogP contribution in [0.4, 0.5) is 10.5 Å². The molecule has 2 amide bonds. The minimum Gasteiger partial charge on any atom is -0.338 e. The highest BCUT2D eigenvalue weighted by Gasteiger charge is 2.19. The summed E-state index contributed by atoms with van der Waals surface area (Å²) in [6.45, 7) is 4.68. The van der Waals surface area contributed by atoms with Gasteiger partial charge in [0.2, 0.25) is 0 Å². The molecule has 0 bridgehead atoms. The molecule has 3 nitrogen and oxygen atoms in total. The Bertz CT molecular complexity index is 1090. The van der Waals surface area contributed by atoms with Gasteiger partial charge in [-0.3, -0.25) is 0 Å². The van der Waals surface area contributed by atoms with E-state index in [1.807, 2.05) is 36.9 Å². The zero-order chi connectivity index (χ0) is 20.2. The molecule has 1 aliphatic rings. The number of hydrogen-bond donors (Lipinski definition) is 2. The third-order valence-corrected chi connectivity index (χ3v) is 6.26. The van der Waals surface area contributed by atoms with E-state index in [9.17, 15) is 4.79 Å². The summed E-state index contributed by atoms with van der Waals surface area (Å²) >= 11 is 1.90. The summed E-state index contributed by atoms with van der Waals surface area (Å²) in [4.78, 5) is 13.2. The lowest BCUT2D eigenvalue weighted by Crippen LogP contribution is -2.28. The molecule has 1 heterocycles. The van der Waals surface area contributed by atoms with Crippen LogP contribution in [0, 0.1) is 6.92 Å². The molecule has 146 valence electrons. The van der Waals surface area contributed by atoms with Crippen molar-refractivity contribution in [1.82, 2.24) is 5.32 Å². The van der Waals surface area contributed by atoms with E-state index in [1.165, 1.54) is 32.7 Å². The van der Waals surface area contributed by atoms with E-state index in [1.54, 1.807) is 0 Å². The van der Waals surface area contributed by atoms with Gasteiger partial charge in [0.1, 0.15) is 0 Å². The number of urea groups is 1. The summed E-state index contributed by atoms with van der Waals surface area (Å²) in [6, 6.07) is 22.9. The minimum absolute atomic E-state index is 0.186. The van der Waals surface area contributed by atoms with Crippen molar-refractivity contribution in [2.24, 2.45) is 0 Å². The molecule has 4 heteroatoms. The Morgan fingerprint density at radius 3 is 2.69 bits per heavy atom. The average molecular weight is 401 g/mol. The highest BCUT2D eigenvalue weighted by atomic mass is 32.2. The third kappa shape index (κ3) is 4.22. The van der Waals surface area contributed by atoms with Crippen LogP contribution in [0.2, 0.25) is 0 Å². The van der Waals surface area contributed by atoms with Gasteiger partial charge in [-0.2, -0.15) is 0 Å². The first-order valence-corrected chi connectivity index (χ1v) is 10.8. The van der Waals surface area contributed by atoms with Gasteiger partial charge in [-0.25, -0.2) is 4.79 Å². The molecule has 0 unspecified atom stereocenters. The van der Waals surface area contributed by atoms with Crippen molar-refractivity contribution in [2.45, 2.75) is 24.5 Å². The Morgan fingerprint density at radius 2 is 1.83 bits per heavy atom. The van der Waals surface area contributed by atoms with Gasteiger partial charge in [0.25, 0.3) is 0 Å². The quantitative estimate of drug-likeness (QED) is 0.539. The van der Waals surface area contributed by atoms with E-state index in [0.717, 1.165) is 17.0 Å². The first kappa shape index (κ1) is 19.3. The second-order valence-electron chi connectivity index (χ2n) is 7.07. The zero-order valence-electron chi connectivity index (χ0n) is 16.7. The normalized spacial score (nSPS) is 13.9. The topological polar surface area (TPSA) is 41.1 Å². The summed E-state index contributed by atoms with van der Waals surface area (Å²) in [7, 11) is 0. The van der Waals surface area contributed by atoms with Crippen molar-refractivity contribution in [2.75, 3.05) is 11.9 Å². The number of anilines is 1. The Morgan fingerprint density at radius 1 is 1.03 bits per heavy atom. The number of aryl methyl sites for hydroxylation is 1. The van der Waals surface area contributed by atoms with Crippen LogP contribution in [0.25, 0.3) is 11.6 Å². The standard InChI is InChI=1S/C25H24N2OS/c1-3-26-25(28)27-20-11-7-9-18(14-20)15-23-21-12-5-4-10-19(21)16-29-24-17(2)8-6-13-22(23)24/h4-15H,3,16H2,1-2H3,(H2,26,27,28). The molecular weight excluding hydrogens is 376 g/mol. The predicted molar refractivity (Wildman–Crippen MR) is 123 cm³/mol. The maximum atomic E-state index is 11.9. The summed E-state index contributed by atoms with van der Waals surface area (Å²) in [6.07, 6.45) is 2.23. The fourth-order valence-electron chi connectivity index (χ4n) is 3.62. The maximum Gasteiger partial charge on any atom is 0.319 e. The number of amides is 2. The largest absolute Gasteiger partial charge is 0.338 e. The van der Waals surface area contributed by atoms with E-state index in [0.29, 0.717) is 6.54 Å². The molecule has 3 aromatic carbocycles. The molecule has 29 heavy (non-hydrogen) atoms. The van der Waals surface area contributed by atoms with Gasteiger partial charge in [-0.1, -0.05) is 54.6 Å². The second kappa shape index (κ2) is 8.58. The number of carbonyl (C=O) groups is 1. The molecule has 2 N–H and O–H groups in total. The molecule has 0 fully saturated rings. The van der Waals surface area contributed by atoms with Crippen LogP contribution in [-0.2, 0) is 5.75 Å². The highest BCUT2D eigenvalue weighted by molar-refractivity contribution is 7.98. The van der Waals surface area contributed by atoms with Crippen molar-refractivity contribution in [3.63, 3.8) is 0 Å². The summed E-state index contributed by atoms with van der Waals surface area (Å²) in [5.74, 6) is 0.962. The number of rotatable bonds is 3. The smallest absolute Gasteiger partial charge is 0.319 e. The van der Waals surface area contributed by atoms with Crippen LogP contribution < -0.4 is 10.6 Å². The Balaban J connectivity index is 1.81. The first-order chi connectivity index (χ1) is 14.2. The highest BCUT2D eigenvalue weighted by Crippen LogP contribution is 2.42. The van der Waals surface area contributed by atoms with Gasteiger partial charge in [-0.15, -0.1) is 11.8 Å². The lowest BCUT2D eigenvalue weighted by molar-refractivity contribution is 0.252.